The van der Waals surface area contributed by atoms with Crippen molar-refractivity contribution in [2.45, 2.75) is 26.8 Å². The lowest BCUT2D eigenvalue weighted by Gasteiger charge is -2.17. The van der Waals surface area contributed by atoms with Crippen molar-refractivity contribution in [2.24, 2.45) is 0 Å². The van der Waals surface area contributed by atoms with Crippen LogP contribution in [-0.4, -0.2) is 13.7 Å². The lowest BCUT2D eigenvalue weighted by Crippen LogP contribution is -2.05. The summed E-state index contributed by atoms with van der Waals surface area (Å²) in [6.07, 6.45) is 2.60. The number of anilines is 1. The maximum atomic E-state index is 6.18. The molecule has 0 heterocycles. The molecule has 4 heteroatoms. The van der Waals surface area contributed by atoms with Crippen molar-refractivity contribution in [3.63, 3.8) is 0 Å². The zero-order valence-electron chi connectivity index (χ0n) is 14.5. The van der Waals surface area contributed by atoms with E-state index < -0.39 is 0 Å². The Morgan fingerprint density at radius 1 is 1.29 bits per heavy atom. The molecule has 128 valence electrons. The fourth-order valence-electron chi connectivity index (χ4n) is 2.59. The van der Waals surface area contributed by atoms with Crippen molar-refractivity contribution >= 4 is 17.3 Å². The molecule has 0 bridgehead atoms. The largest absolute Gasteiger partial charge is 0.493 e. The molecule has 0 aliphatic rings. The summed E-state index contributed by atoms with van der Waals surface area (Å²) in [5.74, 6) is 1.54. The molecule has 0 aliphatic heterocycles. The van der Waals surface area contributed by atoms with Gasteiger partial charge in [0, 0.05) is 22.8 Å². The summed E-state index contributed by atoms with van der Waals surface area (Å²) in [7, 11) is 1.66. The van der Waals surface area contributed by atoms with Gasteiger partial charge in [-0.2, -0.15) is 0 Å². The summed E-state index contributed by atoms with van der Waals surface area (Å²) >= 11 is 6.18. The van der Waals surface area contributed by atoms with Crippen LogP contribution >= 0.6 is 11.6 Å². The molecular weight excluding hydrogens is 322 g/mol. The van der Waals surface area contributed by atoms with Crippen molar-refractivity contribution in [3.05, 3.63) is 64.7 Å². The minimum atomic E-state index is 0.597. The average Bonchev–Trinajstić information content (AvgIpc) is 2.58. The molecule has 2 aromatic carbocycles. The fraction of sp³-hybridized carbons (Fsp3) is 0.300. The molecule has 2 aromatic rings. The lowest BCUT2D eigenvalue weighted by molar-refractivity contribution is 0.308. The van der Waals surface area contributed by atoms with Crippen molar-refractivity contribution in [1.82, 2.24) is 0 Å². The minimum absolute atomic E-state index is 0.597. The van der Waals surface area contributed by atoms with Gasteiger partial charge in [0.1, 0.15) is 0 Å². The SMILES string of the molecule is C=CCc1cc(CNc2cccc(Cl)c2C)cc(OC)c1OCC. The van der Waals surface area contributed by atoms with Gasteiger partial charge >= 0.3 is 0 Å². The third-order valence-electron chi connectivity index (χ3n) is 3.82. The fourth-order valence-corrected chi connectivity index (χ4v) is 2.76. The summed E-state index contributed by atoms with van der Waals surface area (Å²) in [6, 6.07) is 9.99. The molecule has 0 radical (unpaired) electrons. The molecule has 0 saturated carbocycles. The Morgan fingerprint density at radius 3 is 2.75 bits per heavy atom. The number of methoxy groups -OCH3 is 1. The first-order valence-electron chi connectivity index (χ1n) is 8.03. The number of allylic oxidation sites excluding steroid dienone is 1. The van der Waals surface area contributed by atoms with E-state index in [0.717, 1.165) is 45.3 Å². The number of hydrogen-bond donors (Lipinski definition) is 1. The summed E-state index contributed by atoms with van der Waals surface area (Å²) in [6.45, 7) is 9.08. The Labute approximate surface area is 149 Å². The molecular formula is C20H24ClNO2. The highest BCUT2D eigenvalue weighted by Gasteiger charge is 2.12. The molecule has 0 fully saturated rings. The number of benzene rings is 2. The summed E-state index contributed by atoms with van der Waals surface area (Å²) in [5.41, 5.74) is 4.27. The Hall–Kier alpha value is -2.13. The van der Waals surface area contributed by atoms with Gasteiger partial charge < -0.3 is 14.8 Å². The Kier molecular flexibility index (Phi) is 6.56. The van der Waals surface area contributed by atoms with Gasteiger partial charge in [-0.25, -0.2) is 0 Å². The Balaban J connectivity index is 2.28. The van der Waals surface area contributed by atoms with E-state index in [9.17, 15) is 0 Å². The van der Waals surface area contributed by atoms with Crippen LogP contribution in [0, 0.1) is 6.92 Å². The van der Waals surface area contributed by atoms with Gasteiger partial charge in [-0.3, -0.25) is 0 Å². The quantitative estimate of drug-likeness (QED) is 0.650. The highest BCUT2D eigenvalue weighted by Crippen LogP contribution is 2.34. The van der Waals surface area contributed by atoms with Gasteiger partial charge in [0.05, 0.1) is 13.7 Å². The van der Waals surface area contributed by atoms with Crippen LogP contribution in [0.5, 0.6) is 11.5 Å². The van der Waals surface area contributed by atoms with Crippen molar-refractivity contribution < 1.29 is 9.47 Å². The molecule has 0 atom stereocenters. The normalized spacial score (nSPS) is 10.3. The molecule has 0 aromatic heterocycles. The lowest BCUT2D eigenvalue weighted by atomic mass is 10.0. The van der Waals surface area contributed by atoms with E-state index in [1.165, 1.54) is 0 Å². The van der Waals surface area contributed by atoms with E-state index in [1.54, 1.807) is 7.11 Å². The molecule has 0 unspecified atom stereocenters. The monoisotopic (exact) mass is 345 g/mol. The number of hydrogen-bond acceptors (Lipinski definition) is 3. The van der Waals surface area contributed by atoms with Crippen molar-refractivity contribution in [3.8, 4) is 11.5 Å². The van der Waals surface area contributed by atoms with Crippen LogP contribution in [0.25, 0.3) is 0 Å². The van der Waals surface area contributed by atoms with Gasteiger partial charge in [-0.05, 0) is 55.7 Å². The summed E-state index contributed by atoms with van der Waals surface area (Å²) < 4.78 is 11.3. The van der Waals surface area contributed by atoms with Crippen LogP contribution in [-0.2, 0) is 13.0 Å². The van der Waals surface area contributed by atoms with E-state index in [4.69, 9.17) is 21.1 Å². The number of nitrogens with one attached hydrogen (secondary N) is 1. The van der Waals surface area contributed by atoms with Gasteiger partial charge in [-0.15, -0.1) is 6.58 Å². The molecule has 0 aliphatic carbocycles. The second-order valence-corrected chi connectivity index (χ2v) is 5.89. The first-order chi connectivity index (χ1) is 11.6. The van der Waals surface area contributed by atoms with E-state index in [1.807, 2.05) is 44.2 Å². The van der Waals surface area contributed by atoms with Crippen LogP contribution < -0.4 is 14.8 Å². The topological polar surface area (TPSA) is 30.5 Å². The van der Waals surface area contributed by atoms with Gasteiger partial charge in [0.25, 0.3) is 0 Å². The standard InChI is InChI=1S/C20H24ClNO2/c1-5-8-16-11-15(12-19(23-4)20(16)24-6-2)13-22-18-10-7-9-17(21)14(18)3/h5,7,9-12,22H,1,6,8,13H2,2-4H3. The Bertz CT molecular complexity index is 713. The molecule has 24 heavy (non-hydrogen) atoms. The average molecular weight is 346 g/mol. The smallest absolute Gasteiger partial charge is 0.164 e. The number of halogens is 1. The third kappa shape index (κ3) is 4.24. The molecule has 3 nitrogen and oxygen atoms in total. The van der Waals surface area contributed by atoms with Gasteiger partial charge in [-0.1, -0.05) is 23.7 Å². The maximum Gasteiger partial charge on any atom is 0.164 e. The predicted octanol–water partition coefficient (Wildman–Crippen LogP) is 5.40. The second-order valence-electron chi connectivity index (χ2n) is 5.48. The zero-order chi connectivity index (χ0) is 17.5. The van der Waals surface area contributed by atoms with Crippen LogP contribution in [0.4, 0.5) is 5.69 Å². The van der Waals surface area contributed by atoms with Crippen molar-refractivity contribution in [1.29, 1.82) is 0 Å². The van der Waals surface area contributed by atoms with Crippen LogP contribution in [0.3, 0.4) is 0 Å². The van der Waals surface area contributed by atoms with Gasteiger partial charge in [0.15, 0.2) is 11.5 Å². The van der Waals surface area contributed by atoms with E-state index >= 15 is 0 Å². The molecule has 0 saturated heterocycles. The van der Waals surface area contributed by atoms with Crippen LogP contribution in [0.2, 0.25) is 5.02 Å². The molecule has 0 spiro atoms. The highest BCUT2D eigenvalue weighted by molar-refractivity contribution is 6.31. The van der Waals surface area contributed by atoms with E-state index in [-0.39, 0.29) is 0 Å². The van der Waals surface area contributed by atoms with Crippen molar-refractivity contribution in [2.75, 3.05) is 19.0 Å². The number of rotatable bonds is 8. The van der Waals surface area contributed by atoms with Crippen LogP contribution in [0.15, 0.2) is 43.0 Å². The minimum Gasteiger partial charge on any atom is -0.493 e. The highest BCUT2D eigenvalue weighted by atomic mass is 35.5. The van der Waals surface area contributed by atoms with E-state index in [0.29, 0.717) is 13.2 Å². The first kappa shape index (κ1) is 18.2. The Morgan fingerprint density at radius 2 is 2.08 bits per heavy atom. The molecule has 1 N–H and O–H groups in total. The zero-order valence-corrected chi connectivity index (χ0v) is 15.2. The van der Waals surface area contributed by atoms with Gasteiger partial charge in [0.2, 0.25) is 0 Å². The summed E-state index contributed by atoms with van der Waals surface area (Å²) in [4.78, 5) is 0. The molecule has 2 rings (SSSR count). The summed E-state index contributed by atoms with van der Waals surface area (Å²) in [5, 5.41) is 4.20. The maximum absolute atomic E-state index is 6.18. The third-order valence-corrected chi connectivity index (χ3v) is 4.22. The molecule has 0 amide bonds. The first-order valence-corrected chi connectivity index (χ1v) is 8.41. The number of ether oxygens (including phenoxy) is 2. The van der Waals surface area contributed by atoms with Crippen LogP contribution in [0.1, 0.15) is 23.6 Å². The second kappa shape index (κ2) is 8.65. The predicted molar refractivity (Wildman–Crippen MR) is 102 cm³/mol. The van der Waals surface area contributed by atoms with E-state index in [2.05, 4.69) is 18.0 Å².